The van der Waals surface area contributed by atoms with Crippen LogP contribution in [0.1, 0.15) is 31.2 Å². The third-order valence-electron chi connectivity index (χ3n) is 4.70. The summed E-state index contributed by atoms with van der Waals surface area (Å²) in [5.74, 6) is 2.25. The van der Waals surface area contributed by atoms with E-state index < -0.39 is 0 Å². The summed E-state index contributed by atoms with van der Waals surface area (Å²) in [4.78, 5) is 10.5. The molecule has 20 heavy (non-hydrogen) atoms. The third-order valence-corrected chi connectivity index (χ3v) is 4.70. The highest BCUT2D eigenvalue weighted by atomic mass is 16.6. The van der Waals surface area contributed by atoms with Gasteiger partial charge in [-0.25, -0.2) is 0 Å². The first-order chi connectivity index (χ1) is 9.65. The Bertz CT molecular complexity index is 518. The van der Waals surface area contributed by atoms with E-state index in [1.807, 2.05) is 6.07 Å². The Morgan fingerprint density at radius 2 is 2.20 bits per heavy atom. The number of non-ortho nitro benzene ring substituents is 1. The number of benzene rings is 1. The molecule has 1 aromatic rings. The van der Waals surface area contributed by atoms with Crippen LogP contribution in [-0.4, -0.2) is 18.1 Å². The van der Waals surface area contributed by atoms with Crippen LogP contribution in [0.3, 0.4) is 0 Å². The summed E-state index contributed by atoms with van der Waals surface area (Å²) in [7, 11) is 1.53. The minimum absolute atomic E-state index is 0.0918. The molecule has 0 aromatic heterocycles. The highest BCUT2D eigenvalue weighted by Crippen LogP contribution is 2.44. The third kappa shape index (κ3) is 2.63. The SMILES string of the molecule is COc1cc(CNC2CC3CCC2C3)cc([N+](=O)[O-])c1. The van der Waals surface area contributed by atoms with Gasteiger partial charge in [0.1, 0.15) is 5.75 Å². The number of rotatable bonds is 5. The normalized spacial score (nSPS) is 27.8. The predicted molar refractivity (Wildman–Crippen MR) is 75.7 cm³/mol. The van der Waals surface area contributed by atoms with Crippen molar-refractivity contribution >= 4 is 5.69 Å². The number of fused-ring (bicyclic) bond motifs is 2. The van der Waals surface area contributed by atoms with E-state index in [1.165, 1.54) is 38.9 Å². The molecule has 0 spiro atoms. The van der Waals surface area contributed by atoms with E-state index in [-0.39, 0.29) is 10.6 Å². The van der Waals surface area contributed by atoms with Crippen LogP contribution in [0, 0.1) is 22.0 Å². The summed E-state index contributed by atoms with van der Waals surface area (Å²) in [6.45, 7) is 0.673. The highest BCUT2D eigenvalue weighted by molar-refractivity contribution is 5.42. The van der Waals surface area contributed by atoms with Crippen LogP contribution in [0.5, 0.6) is 5.75 Å². The van der Waals surface area contributed by atoms with E-state index in [2.05, 4.69) is 5.32 Å². The molecule has 5 nitrogen and oxygen atoms in total. The fraction of sp³-hybridized carbons (Fsp3) is 0.600. The van der Waals surface area contributed by atoms with Crippen LogP contribution in [0.15, 0.2) is 18.2 Å². The number of hydrogen-bond donors (Lipinski definition) is 1. The Hall–Kier alpha value is -1.62. The zero-order chi connectivity index (χ0) is 14.1. The second-order valence-electron chi connectivity index (χ2n) is 5.96. The van der Waals surface area contributed by atoms with Crippen LogP contribution < -0.4 is 10.1 Å². The molecule has 3 unspecified atom stereocenters. The van der Waals surface area contributed by atoms with E-state index in [0.717, 1.165) is 17.4 Å². The average molecular weight is 276 g/mol. The van der Waals surface area contributed by atoms with Gasteiger partial charge in [-0.2, -0.15) is 0 Å². The smallest absolute Gasteiger partial charge is 0.273 e. The molecule has 2 saturated carbocycles. The maximum Gasteiger partial charge on any atom is 0.273 e. The van der Waals surface area contributed by atoms with E-state index in [1.54, 1.807) is 6.07 Å². The minimum atomic E-state index is -0.371. The molecule has 1 N–H and O–H groups in total. The summed E-state index contributed by atoms with van der Waals surface area (Å²) in [5.41, 5.74) is 1.01. The van der Waals surface area contributed by atoms with Crippen molar-refractivity contribution in [3.05, 3.63) is 33.9 Å². The maximum absolute atomic E-state index is 10.9. The Labute approximate surface area is 118 Å². The van der Waals surface area contributed by atoms with Gasteiger partial charge in [0.05, 0.1) is 18.1 Å². The van der Waals surface area contributed by atoms with Crippen LogP contribution in [0.4, 0.5) is 5.69 Å². The van der Waals surface area contributed by atoms with Crippen molar-refractivity contribution in [1.29, 1.82) is 0 Å². The first-order valence-corrected chi connectivity index (χ1v) is 7.21. The summed E-state index contributed by atoms with van der Waals surface area (Å²) in [6, 6.07) is 5.54. The number of nitrogens with one attached hydrogen (secondary N) is 1. The number of nitrogens with zero attached hydrogens (tertiary/aromatic N) is 1. The van der Waals surface area contributed by atoms with E-state index in [0.29, 0.717) is 18.3 Å². The summed E-state index contributed by atoms with van der Waals surface area (Å²) >= 11 is 0. The fourth-order valence-corrected chi connectivity index (χ4v) is 3.71. The largest absolute Gasteiger partial charge is 0.496 e. The quantitative estimate of drug-likeness (QED) is 0.663. The molecule has 2 aliphatic rings. The number of ether oxygens (including phenoxy) is 1. The number of nitro groups is 1. The first kappa shape index (κ1) is 13.4. The molecule has 1 aromatic carbocycles. The Kier molecular flexibility index (Phi) is 3.61. The molecule has 0 heterocycles. The van der Waals surface area contributed by atoms with Crippen LogP contribution in [0.25, 0.3) is 0 Å². The lowest BCUT2D eigenvalue weighted by molar-refractivity contribution is -0.385. The molecular formula is C15H20N2O3. The Morgan fingerprint density at radius 3 is 2.80 bits per heavy atom. The molecular weight excluding hydrogens is 256 g/mol. The lowest BCUT2D eigenvalue weighted by Crippen LogP contribution is -2.33. The predicted octanol–water partition coefficient (Wildman–Crippen LogP) is 2.88. The van der Waals surface area contributed by atoms with Crippen molar-refractivity contribution in [2.24, 2.45) is 11.8 Å². The van der Waals surface area contributed by atoms with E-state index in [4.69, 9.17) is 4.74 Å². The molecule has 0 radical (unpaired) electrons. The van der Waals surface area contributed by atoms with Gasteiger partial charge in [-0.15, -0.1) is 0 Å². The molecule has 2 bridgehead atoms. The summed E-state index contributed by atoms with van der Waals surface area (Å²) < 4.78 is 5.13. The van der Waals surface area contributed by atoms with Crippen molar-refractivity contribution in [2.45, 2.75) is 38.3 Å². The van der Waals surface area contributed by atoms with Crippen molar-refractivity contribution < 1.29 is 9.66 Å². The minimum Gasteiger partial charge on any atom is -0.496 e. The lowest BCUT2D eigenvalue weighted by atomic mass is 9.95. The summed E-state index contributed by atoms with van der Waals surface area (Å²) in [6.07, 6.45) is 5.33. The molecule has 5 heteroatoms. The molecule has 3 rings (SSSR count). The lowest BCUT2D eigenvalue weighted by Gasteiger charge is -2.23. The van der Waals surface area contributed by atoms with Gasteiger partial charge in [-0.05, 0) is 42.7 Å². The number of methoxy groups -OCH3 is 1. The average Bonchev–Trinajstić information content (AvgIpc) is 3.07. The molecule has 2 fully saturated rings. The van der Waals surface area contributed by atoms with Crippen LogP contribution in [0.2, 0.25) is 0 Å². The molecule has 0 amide bonds. The zero-order valence-corrected chi connectivity index (χ0v) is 11.7. The molecule has 108 valence electrons. The number of nitro benzene ring substituents is 1. The van der Waals surface area contributed by atoms with Gasteiger partial charge in [0.2, 0.25) is 0 Å². The van der Waals surface area contributed by atoms with Crippen molar-refractivity contribution in [3.63, 3.8) is 0 Å². The fourth-order valence-electron chi connectivity index (χ4n) is 3.71. The zero-order valence-electron chi connectivity index (χ0n) is 11.7. The number of hydrogen-bond acceptors (Lipinski definition) is 4. The van der Waals surface area contributed by atoms with Gasteiger partial charge in [0.15, 0.2) is 0 Å². The molecule has 0 saturated heterocycles. The van der Waals surface area contributed by atoms with Gasteiger partial charge >= 0.3 is 0 Å². The van der Waals surface area contributed by atoms with Crippen LogP contribution >= 0.6 is 0 Å². The molecule has 0 aliphatic heterocycles. The Morgan fingerprint density at radius 1 is 1.35 bits per heavy atom. The second-order valence-corrected chi connectivity index (χ2v) is 5.96. The molecule has 3 atom stereocenters. The topological polar surface area (TPSA) is 64.4 Å². The van der Waals surface area contributed by atoms with E-state index >= 15 is 0 Å². The van der Waals surface area contributed by atoms with Crippen molar-refractivity contribution in [2.75, 3.05) is 7.11 Å². The second kappa shape index (κ2) is 5.40. The van der Waals surface area contributed by atoms with Crippen molar-refractivity contribution in [3.8, 4) is 5.75 Å². The highest BCUT2D eigenvalue weighted by Gasteiger charge is 2.38. The van der Waals surface area contributed by atoms with Gasteiger partial charge in [0.25, 0.3) is 5.69 Å². The molecule has 2 aliphatic carbocycles. The van der Waals surface area contributed by atoms with Gasteiger partial charge in [-0.1, -0.05) is 6.42 Å². The van der Waals surface area contributed by atoms with Gasteiger partial charge in [-0.3, -0.25) is 10.1 Å². The Balaban J connectivity index is 1.67. The summed E-state index contributed by atoms with van der Waals surface area (Å²) in [5, 5.41) is 14.5. The van der Waals surface area contributed by atoms with Crippen LogP contribution in [-0.2, 0) is 6.54 Å². The standard InChI is InChI=1S/C15H20N2O3/c1-20-14-6-11(5-13(8-14)17(18)19)9-16-15-7-10-2-3-12(15)4-10/h5-6,8,10,12,15-16H,2-4,7,9H2,1H3. The van der Waals surface area contributed by atoms with Gasteiger partial charge in [0, 0.05) is 18.7 Å². The van der Waals surface area contributed by atoms with E-state index in [9.17, 15) is 10.1 Å². The first-order valence-electron chi connectivity index (χ1n) is 7.21. The van der Waals surface area contributed by atoms with Crippen molar-refractivity contribution in [1.82, 2.24) is 5.32 Å². The maximum atomic E-state index is 10.9. The monoisotopic (exact) mass is 276 g/mol. The van der Waals surface area contributed by atoms with Gasteiger partial charge < -0.3 is 10.1 Å².